The fourth-order valence-electron chi connectivity index (χ4n) is 1.38. The van der Waals surface area contributed by atoms with Crippen molar-refractivity contribution in [3.63, 3.8) is 0 Å². The normalized spacial score (nSPS) is 11.9. The molecule has 0 aliphatic heterocycles. The summed E-state index contributed by atoms with van der Waals surface area (Å²) in [7, 11) is 0. The van der Waals surface area contributed by atoms with Crippen LogP contribution >= 0.6 is 35.0 Å². The molecule has 0 bridgehead atoms. The van der Waals surface area contributed by atoms with E-state index in [0.29, 0.717) is 34.4 Å². The van der Waals surface area contributed by atoms with Crippen molar-refractivity contribution >= 4 is 47.3 Å². The van der Waals surface area contributed by atoms with Crippen LogP contribution in [0.4, 0.5) is 0 Å². The van der Waals surface area contributed by atoms with E-state index in [0.717, 1.165) is 5.56 Å². The summed E-state index contributed by atoms with van der Waals surface area (Å²) in [6.45, 7) is 0. The van der Waals surface area contributed by atoms with Crippen molar-refractivity contribution < 1.29 is 14.7 Å². The predicted molar refractivity (Wildman–Crippen MR) is 77.9 cm³/mol. The first-order chi connectivity index (χ1) is 9.04. The molecular formula is C12H13Cl2NO3S. The molecule has 19 heavy (non-hydrogen) atoms. The number of rotatable bonds is 8. The molecule has 104 valence electrons. The number of nitrogens with one attached hydrogen (secondary N) is 1. The topological polar surface area (TPSA) is 66.4 Å². The number of carbonyl (C=O) groups excluding carboxylic acids is 1. The van der Waals surface area contributed by atoms with Gasteiger partial charge in [-0.15, -0.1) is 0 Å². The number of carbonyl (C=O) groups is 2. The van der Waals surface area contributed by atoms with Gasteiger partial charge in [0.05, 0.1) is 0 Å². The average molecular weight is 322 g/mol. The van der Waals surface area contributed by atoms with E-state index in [4.69, 9.17) is 28.3 Å². The predicted octanol–water partition coefficient (Wildman–Crippen LogP) is 2.82. The Bertz CT molecular complexity index is 457. The lowest BCUT2D eigenvalue weighted by atomic mass is 10.2. The maximum Gasteiger partial charge on any atom is 0.326 e. The highest BCUT2D eigenvalue weighted by Crippen LogP contribution is 2.25. The van der Waals surface area contributed by atoms with Crippen LogP contribution in [-0.4, -0.2) is 29.3 Å². The maximum atomic E-state index is 10.8. The van der Waals surface area contributed by atoms with E-state index in [2.05, 4.69) is 5.32 Å². The first-order valence-electron chi connectivity index (χ1n) is 5.48. The lowest BCUT2D eigenvalue weighted by Crippen LogP contribution is -2.36. The number of halogens is 2. The second kappa shape index (κ2) is 8.30. The molecular weight excluding hydrogens is 309 g/mol. The van der Waals surface area contributed by atoms with Crippen LogP contribution in [0.2, 0.25) is 10.0 Å². The van der Waals surface area contributed by atoms with E-state index < -0.39 is 12.0 Å². The number of aliphatic carboxylic acids is 1. The molecule has 1 aromatic carbocycles. The SMILES string of the molecule is O=CNC(CCSCc1ccc(Cl)cc1Cl)C(=O)O. The van der Waals surface area contributed by atoms with Crippen molar-refractivity contribution in [2.24, 2.45) is 0 Å². The fraction of sp³-hybridized carbons (Fsp3) is 0.333. The molecule has 0 fully saturated rings. The summed E-state index contributed by atoms with van der Waals surface area (Å²) < 4.78 is 0. The number of carboxylic acids is 1. The minimum atomic E-state index is -1.03. The minimum absolute atomic E-state index is 0.365. The van der Waals surface area contributed by atoms with Crippen LogP contribution in [-0.2, 0) is 15.3 Å². The largest absolute Gasteiger partial charge is 0.480 e. The third-order valence-corrected chi connectivity index (χ3v) is 4.02. The summed E-state index contributed by atoms with van der Waals surface area (Å²) in [5.41, 5.74) is 0.950. The van der Waals surface area contributed by atoms with Crippen LogP contribution in [0.3, 0.4) is 0 Å². The van der Waals surface area contributed by atoms with E-state index in [1.54, 1.807) is 23.9 Å². The molecule has 7 heteroatoms. The van der Waals surface area contributed by atoms with Crippen molar-refractivity contribution in [2.45, 2.75) is 18.2 Å². The summed E-state index contributed by atoms with van der Waals surface area (Å²) in [4.78, 5) is 21.0. The molecule has 0 aliphatic rings. The fourth-order valence-corrected chi connectivity index (χ4v) is 2.96. The van der Waals surface area contributed by atoms with Gasteiger partial charge in [0, 0.05) is 15.8 Å². The van der Waals surface area contributed by atoms with Crippen molar-refractivity contribution in [1.82, 2.24) is 5.32 Å². The Balaban J connectivity index is 2.37. The molecule has 0 aliphatic carbocycles. The molecule has 4 nitrogen and oxygen atoms in total. The number of benzene rings is 1. The molecule has 0 radical (unpaired) electrons. The minimum Gasteiger partial charge on any atom is -0.480 e. The van der Waals surface area contributed by atoms with E-state index >= 15 is 0 Å². The highest BCUT2D eigenvalue weighted by Gasteiger charge is 2.15. The van der Waals surface area contributed by atoms with Gasteiger partial charge in [0.15, 0.2) is 0 Å². The van der Waals surface area contributed by atoms with Gasteiger partial charge in [0.2, 0.25) is 6.41 Å². The van der Waals surface area contributed by atoms with Gasteiger partial charge in [-0.05, 0) is 29.9 Å². The summed E-state index contributed by atoms with van der Waals surface area (Å²) in [5, 5.41) is 12.3. The highest BCUT2D eigenvalue weighted by molar-refractivity contribution is 7.98. The van der Waals surface area contributed by atoms with Gasteiger partial charge in [-0.2, -0.15) is 11.8 Å². The number of carboxylic acid groups (broad SMARTS) is 1. The maximum absolute atomic E-state index is 10.8. The molecule has 0 heterocycles. The summed E-state index contributed by atoms with van der Waals surface area (Å²) >= 11 is 13.4. The zero-order valence-corrected chi connectivity index (χ0v) is 12.3. The van der Waals surface area contributed by atoms with E-state index in [1.807, 2.05) is 6.07 Å². The van der Waals surface area contributed by atoms with Gasteiger partial charge < -0.3 is 10.4 Å². The van der Waals surface area contributed by atoms with Gasteiger partial charge in [-0.3, -0.25) is 4.79 Å². The molecule has 0 saturated carbocycles. The Hall–Kier alpha value is -0.910. The van der Waals surface area contributed by atoms with Crippen molar-refractivity contribution in [2.75, 3.05) is 5.75 Å². The average Bonchev–Trinajstić information content (AvgIpc) is 2.35. The first kappa shape index (κ1) is 16.1. The van der Waals surface area contributed by atoms with E-state index in [1.165, 1.54) is 0 Å². The van der Waals surface area contributed by atoms with Crippen molar-refractivity contribution in [3.05, 3.63) is 33.8 Å². The van der Waals surface area contributed by atoms with Crippen LogP contribution in [0.5, 0.6) is 0 Å². The second-order valence-corrected chi connectivity index (χ2v) is 5.70. The third kappa shape index (κ3) is 5.72. The van der Waals surface area contributed by atoms with E-state index in [-0.39, 0.29) is 0 Å². The molecule has 1 rings (SSSR count). The number of hydrogen-bond donors (Lipinski definition) is 2. The Morgan fingerprint density at radius 3 is 2.79 bits per heavy atom. The number of hydrogen-bond acceptors (Lipinski definition) is 3. The Labute approximate surface area is 125 Å². The smallest absolute Gasteiger partial charge is 0.326 e. The monoisotopic (exact) mass is 321 g/mol. The molecule has 1 aromatic rings. The standard InChI is InChI=1S/C12H13Cl2NO3S/c13-9-2-1-8(10(14)5-9)6-19-4-3-11(12(17)18)15-7-16/h1-2,5,7,11H,3-4,6H2,(H,15,16)(H,17,18). The lowest BCUT2D eigenvalue weighted by molar-refractivity contribution is -0.140. The molecule has 1 unspecified atom stereocenters. The summed E-state index contributed by atoms with van der Waals surface area (Å²) in [6, 6.07) is 4.44. The van der Waals surface area contributed by atoms with Gasteiger partial charge >= 0.3 is 5.97 Å². The first-order valence-corrected chi connectivity index (χ1v) is 7.40. The number of thioether (sulfide) groups is 1. The summed E-state index contributed by atoms with van der Waals surface area (Å²) in [6.07, 6.45) is 0.767. The highest BCUT2D eigenvalue weighted by atomic mass is 35.5. The Morgan fingerprint density at radius 1 is 1.47 bits per heavy atom. The quantitative estimate of drug-likeness (QED) is 0.570. The molecule has 1 atom stereocenters. The second-order valence-electron chi connectivity index (χ2n) is 3.75. The van der Waals surface area contributed by atoms with Gasteiger partial charge in [-0.1, -0.05) is 29.3 Å². The van der Waals surface area contributed by atoms with Gasteiger partial charge in [0.1, 0.15) is 6.04 Å². The van der Waals surface area contributed by atoms with E-state index in [9.17, 15) is 9.59 Å². The van der Waals surface area contributed by atoms with Crippen molar-refractivity contribution in [3.8, 4) is 0 Å². The number of amides is 1. The van der Waals surface area contributed by atoms with Gasteiger partial charge in [-0.25, -0.2) is 4.79 Å². The zero-order valence-electron chi connectivity index (χ0n) is 9.94. The van der Waals surface area contributed by atoms with Crippen LogP contribution < -0.4 is 5.32 Å². The zero-order chi connectivity index (χ0) is 14.3. The Morgan fingerprint density at radius 2 is 2.21 bits per heavy atom. The molecule has 1 amide bonds. The van der Waals surface area contributed by atoms with Gasteiger partial charge in [0.25, 0.3) is 0 Å². The van der Waals surface area contributed by atoms with Crippen LogP contribution in [0.15, 0.2) is 18.2 Å². The molecule has 0 spiro atoms. The summed E-state index contributed by atoms with van der Waals surface area (Å²) in [5.74, 6) is 0.248. The lowest BCUT2D eigenvalue weighted by Gasteiger charge is -2.10. The Kier molecular flexibility index (Phi) is 7.05. The molecule has 2 N–H and O–H groups in total. The molecule has 0 aromatic heterocycles. The third-order valence-electron chi connectivity index (χ3n) is 2.39. The van der Waals surface area contributed by atoms with Crippen LogP contribution in [0, 0.1) is 0 Å². The van der Waals surface area contributed by atoms with Crippen LogP contribution in [0.1, 0.15) is 12.0 Å². The van der Waals surface area contributed by atoms with Crippen LogP contribution in [0.25, 0.3) is 0 Å². The van der Waals surface area contributed by atoms with Crippen molar-refractivity contribution in [1.29, 1.82) is 0 Å². The molecule has 0 saturated heterocycles.